The Bertz CT molecular complexity index is 580. The first-order valence-corrected chi connectivity index (χ1v) is 8.91. The summed E-state index contributed by atoms with van der Waals surface area (Å²) in [6.07, 6.45) is -0.315. The van der Waals surface area contributed by atoms with E-state index < -0.39 is 0 Å². The highest BCUT2D eigenvalue weighted by molar-refractivity contribution is 5.82. The molecule has 1 aromatic rings. The fourth-order valence-corrected chi connectivity index (χ4v) is 3.52. The summed E-state index contributed by atoms with van der Waals surface area (Å²) >= 11 is 0. The van der Waals surface area contributed by atoms with Crippen LogP contribution < -0.4 is 4.90 Å². The highest BCUT2D eigenvalue weighted by Crippen LogP contribution is 2.19. The average molecular weight is 332 g/mol. The molecule has 0 aromatic carbocycles. The van der Waals surface area contributed by atoms with E-state index in [2.05, 4.69) is 28.6 Å². The molecule has 2 aliphatic rings. The maximum absolute atomic E-state index is 12.9. The molecule has 1 amide bonds. The number of aryl methyl sites for hydroxylation is 1. The Hall–Kier alpha value is -1.66. The van der Waals surface area contributed by atoms with Crippen molar-refractivity contribution in [2.75, 3.05) is 50.8 Å². The average Bonchev–Trinajstić information content (AvgIpc) is 2.61. The number of hydrogen-bond donors (Lipinski definition) is 0. The van der Waals surface area contributed by atoms with E-state index in [1.54, 1.807) is 0 Å². The van der Waals surface area contributed by atoms with Gasteiger partial charge in [-0.1, -0.05) is 13.0 Å². The molecular formula is C18H28N4O2. The van der Waals surface area contributed by atoms with E-state index in [9.17, 15) is 4.79 Å². The summed E-state index contributed by atoms with van der Waals surface area (Å²) in [4.78, 5) is 24.0. The van der Waals surface area contributed by atoms with Crippen molar-refractivity contribution in [2.45, 2.75) is 32.9 Å². The number of hydrogen-bond acceptors (Lipinski definition) is 5. The van der Waals surface area contributed by atoms with Gasteiger partial charge in [0.15, 0.2) is 0 Å². The van der Waals surface area contributed by atoms with E-state index in [4.69, 9.17) is 4.74 Å². The lowest BCUT2D eigenvalue weighted by atomic mass is 10.1. The van der Waals surface area contributed by atoms with Crippen LogP contribution in [0.1, 0.15) is 19.5 Å². The molecule has 2 saturated heterocycles. The molecule has 0 N–H and O–H groups in total. The number of carbonyl (C=O) groups excluding carboxylic acids is 1. The van der Waals surface area contributed by atoms with E-state index in [1.807, 2.05) is 30.0 Å². The van der Waals surface area contributed by atoms with Gasteiger partial charge in [0, 0.05) is 44.5 Å². The zero-order chi connectivity index (χ0) is 17.1. The molecule has 2 aliphatic heterocycles. The van der Waals surface area contributed by atoms with Gasteiger partial charge in [0.25, 0.3) is 5.91 Å². The molecule has 0 radical (unpaired) electrons. The smallest absolute Gasteiger partial charge is 0.253 e. The summed E-state index contributed by atoms with van der Waals surface area (Å²) in [6, 6.07) is 6.25. The number of nitrogens with zero attached hydrogens (tertiary/aromatic N) is 4. The predicted molar refractivity (Wildman–Crippen MR) is 94.2 cm³/mol. The Balaban J connectivity index is 1.62. The number of amides is 1. The number of likely N-dealkylation sites (N-methyl/N-ethyl adjacent to an activating group) is 1. The maximum Gasteiger partial charge on any atom is 0.253 e. The van der Waals surface area contributed by atoms with Gasteiger partial charge in [0.2, 0.25) is 0 Å². The Morgan fingerprint density at radius 2 is 2.12 bits per heavy atom. The van der Waals surface area contributed by atoms with Crippen LogP contribution in [0.5, 0.6) is 0 Å². The SMILES string of the molecule is CCN1CCO[C@@H](C(=O)N2CCN(c3cccc(C)n3)C[C@H]2C)C1. The summed E-state index contributed by atoms with van der Waals surface area (Å²) in [5.74, 6) is 1.14. The van der Waals surface area contributed by atoms with Crippen molar-refractivity contribution in [3.8, 4) is 0 Å². The lowest BCUT2D eigenvalue weighted by Gasteiger charge is -2.43. The quantitative estimate of drug-likeness (QED) is 0.831. The number of piperazine rings is 1. The van der Waals surface area contributed by atoms with Crippen LogP contribution in [-0.4, -0.2) is 78.7 Å². The molecule has 24 heavy (non-hydrogen) atoms. The van der Waals surface area contributed by atoms with Crippen molar-refractivity contribution in [3.63, 3.8) is 0 Å². The van der Waals surface area contributed by atoms with Gasteiger partial charge in [0.05, 0.1) is 6.61 Å². The Morgan fingerprint density at radius 3 is 2.83 bits per heavy atom. The Labute approximate surface area is 144 Å². The number of carbonyl (C=O) groups is 1. The van der Waals surface area contributed by atoms with Crippen LogP contribution in [0.2, 0.25) is 0 Å². The number of anilines is 1. The normalized spacial score (nSPS) is 25.8. The molecule has 0 unspecified atom stereocenters. The largest absolute Gasteiger partial charge is 0.366 e. The molecular weight excluding hydrogens is 304 g/mol. The van der Waals surface area contributed by atoms with Crippen LogP contribution >= 0.6 is 0 Å². The first kappa shape index (κ1) is 17.2. The minimum atomic E-state index is -0.315. The van der Waals surface area contributed by atoms with Gasteiger partial charge in [-0.3, -0.25) is 9.69 Å². The van der Waals surface area contributed by atoms with E-state index >= 15 is 0 Å². The zero-order valence-corrected chi connectivity index (χ0v) is 14.9. The first-order chi connectivity index (χ1) is 11.6. The van der Waals surface area contributed by atoms with Crippen molar-refractivity contribution in [3.05, 3.63) is 23.9 Å². The van der Waals surface area contributed by atoms with Gasteiger partial charge in [-0.05, 0) is 32.5 Å². The third kappa shape index (κ3) is 3.70. The van der Waals surface area contributed by atoms with E-state index in [1.165, 1.54) is 0 Å². The zero-order valence-electron chi connectivity index (χ0n) is 14.9. The maximum atomic E-state index is 12.9. The molecule has 132 valence electrons. The van der Waals surface area contributed by atoms with Crippen LogP contribution in [0.3, 0.4) is 0 Å². The molecule has 0 saturated carbocycles. The first-order valence-electron chi connectivity index (χ1n) is 8.91. The number of ether oxygens (including phenoxy) is 1. The molecule has 1 aromatic heterocycles. The highest BCUT2D eigenvalue weighted by Gasteiger charge is 2.34. The molecule has 2 atom stereocenters. The van der Waals surface area contributed by atoms with Crippen molar-refractivity contribution in [1.29, 1.82) is 0 Å². The highest BCUT2D eigenvalue weighted by atomic mass is 16.5. The van der Waals surface area contributed by atoms with Crippen LogP contribution in [0.4, 0.5) is 5.82 Å². The topological polar surface area (TPSA) is 48.9 Å². The molecule has 0 aliphatic carbocycles. The molecule has 6 nitrogen and oxygen atoms in total. The number of aromatic nitrogens is 1. The van der Waals surface area contributed by atoms with Crippen molar-refractivity contribution < 1.29 is 9.53 Å². The van der Waals surface area contributed by atoms with Crippen LogP contribution in [0.25, 0.3) is 0 Å². The number of morpholine rings is 1. The second-order valence-electron chi connectivity index (χ2n) is 6.72. The number of pyridine rings is 1. The van der Waals surface area contributed by atoms with E-state index in [0.717, 1.165) is 44.2 Å². The molecule has 3 rings (SSSR count). The van der Waals surface area contributed by atoms with Crippen molar-refractivity contribution >= 4 is 11.7 Å². The molecule has 0 spiro atoms. The fourth-order valence-electron chi connectivity index (χ4n) is 3.52. The fraction of sp³-hybridized carbons (Fsp3) is 0.667. The van der Waals surface area contributed by atoms with E-state index in [-0.39, 0.29) is 18.1 Å². The second kappa shape index (κ2) is 7.49. The third-order valence-electron chi connectivity index (χ3n) is 4.98. The van der Waals surface area contributed by atoms with Gasteiger partial charge in [-0.2, -0.15) is 0 Å². The van der Waals surface area contributed by atoms with Gasteiger partial charge in [0.1, 0.15) is 11.9 Å². The van der Waals surface area contributed by atoms with Crippen LogP contribution in [-0.2, 0) is 9.53 Å². The minimum absolute atomic E-state index is 0.137. The Morgan fingerprint density at radius 1 is 1.29 bits per heavy atom. The molecule has 6 heteroatoms. The summed E-state index contributed by atoms with van der Waals surface area (Å²) < 4.78 is 5.74. The standard InChI is InChI=1S/C18H28N4O2/c1-4-20-10-11-24-16(13-20)18(23)22-9-8-21(12-15(22)3)17-7-5-6-14(2)19-17/h5-7,15-16H,4,8-13H2,1-3H3/t15-,16-/m1/s1. The molecule has 2 fully saturated rings. The molecule has 0 bridgehead atoms. The molecule has 3 heterocycles. The van der Waals surface area contributed by atoms with Gasteiger partial charge >= 0.3 is 0 Å². The van der Waals surface area contributed by atoms with Gasteiger partial charge in [-0.25, -0.2) is 4.98 Å². The van der Waals surface area contributed by atoms with Crippen LogP contribution in [0.15, 0.2) is 18.2 Å². The lowest BCUT2D eigenvalue weighted by Crippen LogP contribution is -2.59. The van der Waals surface area contributed by atoms with E-state index in [0.29, 0.717) is 13.2 Å². The van der Waals surface area contributed by atoms with Gasteiger partial charge < -0.3 is 14.5 Å². The predicted octanol–water partition coefficient (Wildman–Crippen LogP) is 1.15. The second-order valence-corrected chi connectivity index (χ2v) is 6.72. The summed E-state index contributed by atoms with van der Waals surface area (Å²) in [6.45, 7) is 11.8. The Kier molecular flexibility index (Phi) is 5.36. The third-order valence-corrected chi connectivity index (χ3v) is 4.98. The summed E-state index contributed by atoms with van der Waals surface area (Å²) in [5.41, 5.74) is 1.02. The summed E-state index contributed by atoms with van der Waals surface area (Å²) in [5, 5.41) is 0. The van der Waals surface area contributed by atoms with Crippen molar-refractivity contribution in [2.24, 2.45) is 0 Å². The number of rotatable bonds is 3. The van der Waals surface area contributed by atoms with Crippen molar-refractivity contribution in [1.82, 2.24) is 14.8 Å². The van der Waals surface area contributed by atoms with Gasteiger partial charge in [-0.15, -0.1) is 0 Å². The van der Waals surface area contributed by atoms with Crippen LogP contribution in [0, 0.1) is 6.92 Å². The summed E-state index contributed by atoms with van der Waals surface area (Å²) in [7, 11) is 0. The minimum Gasteiger partial charge on any atom is -0.366 e. The monoisotopic (exact) mass is 332 g/mol. The lowest BCUT2D eigenvalue weighted by molar-refractivity contribution is -0.151.